The molecule has 1 saturated carbocycles. The Kier molecular flexibility index (Phi) is 2.64. The summed E-state index contributed by atoms with van der Waals surface area (Å²) in [4.78, 5) is 10.0. The Hall–Kier alpha value is -1.11. The van der Waals surface area contributed by atoms with Crippen LogP contribution in [0.3, 0.4) is 0 Å². The van der Waals surface area contributed by atoms with Gasteiger partial charge in [-0.2, -0.15) is 5.26 Å². The Morgan fingerprint density at radius 3 is 2.50 bits per heavy atom. The van der Waals surface area contributed by atoms with E-state index in [1.165, 1.54) is 0 Å². The van der Waals surface area contributed by atoms with E-state index in [1.807, 2.05) is 0 Å². The largest absolute Gasteiger partial charge is 0.265 e. The van der Waals surface area contributed by atoms with Gasteiger partial charge >= 0.3 is 0 Å². The Labute approximate surface area is 71.3 Å². The first-order valence-electron chi connectivity index (χ1n) is 4.17. The molecule has 0 unspecified atom stereocenters. The summed E-state index contributed by atoms with van der Waals surface area (Å²) < 4.78 is 0. The summed E-state index contributed by atoms with van der Waals surface area (Å²) in [7, 11) is 0. The minimum Gasteiger partial charge on any atom is -0.265 e. The molecule has 0 aromatic carbocycles. The first-order valence-corrected chi connectivity index (χ1v) is 4.17. The van der Waals surface area contributed by atoms with Gasteiger partial charge in [-0.05, 0) is 12.8 Å². The summed E-state index contributed by atoms with van der Waals surface area (Å²) in [5, 5.41) is 18.9. The van der Waals surface area contributed by atoms with Gasteiger partial charge < -0.3 is 0 Å². The highest BCUT2D eigenvalue weighted by Gasteiger charge is 2.38. The highest BCUT2D eigenvalue weighted by molar-refractivity contribution is 4.91. The van der Waals surface area contributed by atoms with Crippen molar-refractivity contribution in [3.8, 4) is 6.07 Å². The normalized spacial score (nSPS) is 20.2. The molecule has 12 heavy (non-hydrogen) atoms. The topological polar surface area (TPSA) is 66.9 Å². The van der Waals surface area contributed by atoms with Gasteiger partial charge in [0.05, 0.1) is 6.07 Å². The van der Waals surface area contributed by atoms with E-state index in [9.17, 15) is 10.1 Å². The fourth-order valence-electron chi connectivity index (χ4n) is 1.96. The zero-order chi connectivity index (χ0) is 9.03. The number of hydrogen-bond acceptors (Lipinski definition) is 3. The summed E-state index contributed by atoms with van der Waals surface area (Å²) in [6.07, 6.45) is 4.11. The molecule has 0 aromatic heterocycles. The zero-order valence-electron chi connectivity index (χ0n) is 6.95. The monoisotopic (exact) mass is 168 g/mol. The van der Waals surface area contributed by atoms with Crippen molar-refractivity contribution in [3.63, 3.8) is 0 Å². The van der Waals surface area contributed by atoms with E-state index < -0.39 is 0 Å². The molecule has 0 saturated heterocycles. The molecule has 66 valence electrons. The first kappa shape index (κ1) is 8.98. The van der Waals surface area contributed by atoms with Crippen molar-refractivity contribution in [2.45, 2.75) is 32.1 Å². The van der Waals surface area contributed by atoms with E-state index >= 15 is 0 Å². The maximum Gasteiger partial charge on any atom is 0.210 e. The maximum atomic E-state index is 10.3. The first-order chi connectivity index (χ1) is 5.68. The number of nitriles is 1. The predicted octanol–water partition coefficient (Wildman–Crippen LogP) is 1.74. The van der Waals surface area contributed by atoms with E-state index in [-0.39, 0.29) is 16.9 Å². The summed E-state index contributed by atoms with van der Waals surface area (Å²) >= 11 is 0. The van der Waals surface area contributed by atoms with Gasteiger partial charge in [-0.25, -0.2) is 0 Å². The second-order valence-corrected chi connectivity index (χ2v) is 3.53. The van der Waals surface area contributed by atoms with Crippen molar-refractivity contribution >= 4 is 0 Å². The molecule has 0 N–H and O–H groups in total. The number of nitrogens with zero attached hydrogens (tertiary/aromatic N) is 2. The summed E-state index contributed by atoms with van der Waals surface area (Å²) in [5.41, 5.74) is -0.293. The molecular weight excluding hydrogens is 156 g/mol. The van der Waals surface area contributed by atoms with Crippen LogP contribution < -0.4 is 0 Å². The van der Waals surface area contributed by atoms with Crippen LogP contribution in [0.25, 0.3) is 0 Å². The standard InChI is InChI=1S/C8H12N2O2/c9-6-5-8(7-10(11)12)3-1-2-4-8/h1-5,7H2. The lowest BCUT2D eigenvalue weighted by Crippen LogP contribution is -2.26. The molecular formula is C8H12N2O2. The number of rotatable bonds is 3. The van der Waals surface area contributed by atoms with Crippen molar-refractivity contribution in [1.82, 2.24) is 0 Å². The molecule has 0 aromatic rings. The van der Waals surface area contributed by atoms with Crippen LogP contribution in [0.4, 0.5) is 0 Å². The minimum absolute atomic E-state index is 0.0272. The molecule has 0 heterocycles. The third-order valence-electron chi connectivity index (χ3n) is 2.58. The molecule has 0 spiro atoms. The van der Waals surface area contributed by atoms with Crippen LogP contribution >= 0.6 is 0 Å². The highest BCUT2D eigenvalue weighted by atomic mass is 16.6. The van der Waals surface area contributed by atoms with Crippen molar-refractivity contribution in [3.05, 3.63) is 10.1 Å². The van der Waals surface area contributed by atoms with Gasteiger partial charge in [-0.3, -0.25) is 10.1 Å². The maximum absolute atomic E-state index is 10.3. The lowest BCUT2D eigenvalue weighted by atomic mass is 9.83. The van der Waals surface area contributed by atoms with Gasteiger partial charge in [-0.1, -0.05) is 12.8 Å². The third kappa shape index (κ3) is 1.94. The van der Waals surface area contributed by atoms with E-state index in [0.717, 1.165) is 25.7 Å². The average Bonchev–Trinajstić information content (AvgIpc) is 2.36. The molecule has 0 bridgehead atoms. The summed E-state index contributed by atoms with van der Waals surface area (Å²) in [5.74, 6) is 0. The second-order valence-electron chi connectivity index (χ2n) is 3.53. The predicted molar refractivity (Wildman–Crippen MR) is 43.0 cm³/mol. The van der Waals surface area contributed by atoms with Crippen LogP contribution in [-0.2, 0) is 0 Å². The molecule has 0 amide bonds. The SMILES string of the molecule is N#CCC1(C[N+](=O)[O-])CCCC1. The van der Waals surface area contributed by atoms with E-state index in [4.69, 9.17) is 5.26 Å². The van der Waals surface area contributed by atoms with Crippen molar-refractivity contribution < 1.29 is 4.92 Å². The van der Waals surface area contributed by atoms with Gasteiger partial charge in [-0.15, -0.1) is 0 Å². The van der Waals surface area contributed by atoms with E-state index in [0.29, 0.717) is 6.42 Å². The fourth-order valence-corrected chi connectivity index (χ4v) is 1.96. The van der Waals surface area contributed by atoms with Crippen LogP contribution in [0, 0.1) is 26.9 Å². The molecule has 1 fully saturated rings. The van der Waals surface area contributed by atoms with Crippen LogP contribution in [-0.4, -0.2) is 11.5 Å². The fraction of sp³-hybridized carbons (Fsp3) is 0.875. The lowest BCUT2D eigenvalue weighted by Gasteiger charge is -2.19. The van der Waals surface area contributed by atoms with Gasteiger partial charge in [0, 0.05) is 16.8 Å². The van der Waals surface area contributed by atoms with Gasteiger partial charge in [0.2, 0.25) is 6.54 Å². The molecule has 4 heteroatoms. The molecule has 1 rings (SSSR count). The highest BCUT2D eigenvalue weighted by Crippen LogP contribution is 2.40. The average molecular weight is 168 g/mol. The van der Waals surface area contributed by atoms with Crippen LogP contribution in [0.2, 0.25) is 0 Å². The molecule has 1 aliphatic carbocycles. The minimum atomic E-state index is -0.293. The molecule has 1 aliphatic rings. The van der Waals surface area contributed by atoms with E-state index in [1.54, 1.807) is 0 Å². The van der Waals surface area contributed by atoms with Gasteiger partial charge in [0.1, 0.15) is 0 Å². The molecule has 0 aliphatic heterocycles. The van der Waals surface area contributed by atoms with Crippen LogP contribution in [0.5, 0.6) is 0 Å². The number of nitro groups is 1. The van der Waals surface area contributed by atoms with Gasteiger partial charge in [0.15, 0.2) is 0 Å². The third-order valence-corrected chi connectivity index (χ3v) is 2.58. The second kappa shape index (κ2) is 3.53. The molecule has 4 nitrogen and oxygen atoms in total. The summed E-state index contributed by atoms with van der Waals surface area (Å²) in [6, 6.07) is 2.05. The number of hydrogen-bond donors (Lipinski definition) is 0. The van der Waals surface area contributed by atoms with Crippen LogP contribution in [0.15, 0.2) is 0 Å². The molecule has 0 radical (unpaired) electrons. The Morgan fingerprint density at radius 1 is 1.50 bits per heavy atom. The lowest BCUT2D eigenvalue weighted by molar-refractivity contribution is -0.497. The Bertz CT molecular complexity index is 214. The van der Waals surface area contributed by atoms with Gasteiger partial charge in [0.25, 0.3) is 0 Å². The van der Waals surface area contributed by atoms with Crippen molar-refractivity contribution in [1.29, 1.82) is 5.26 Å². The quantitative estimate of drug-likeness (QED) is 0.476. The summed E-state index contributed by atoms with van der Waals surface area (Å²) in [6.45, 7) is -0.0272. The van der Waals surface area contributed by atoms with Crippen molar-refractivity contribution in [2.24, 2.45) is 5.41 Å². The molecule has 0 atom stereocenters. The van der Waals surface area contributed by atoms with Crippen molar-refractivity contribution in [2.75, 3.05) is 6.54 Å². The smallest absolute Gasteiger partial charge is 0.210 e. The van der Waals surface area contributed by atoms with Crippen LogP contribution in [0.1, 0.15) is 32.1 Å². The van der Waals surface area contributed by atoms with E-state index in [2.05, 4.69) is 6.07 Å². The Balaban J connectivity index is 2.59. The Morgan fingerprint density at radius 2 is 2.08 bits per heavy atom. The zero-order valence-corrected chi connectivity index (χ0v) is 6.95.